The van der Waals surface area contributed by atoms with Crippen LogP contribution in [0, 0.1) is 18.8 Å². The van der Waals surface area contributed by atoms with Gasteiger partial charge >= 0.3 is 0 Å². The molecule has 0 spiro atoms. The Morgan fingerprint density at radius 1 is 0.957 bits per heavy atom. The van der Waals surface area contributed by atoms with Crippen LogP contribution < -0.4 is 0 Å². The van der Waals surface area contributed by atoms with Crippen LogP contribution in [0.5, 0.6) is 0 Å². The van der Waals surface area contributed by atoms with Crippen molar-refractivity contribution >= 4 is 11.0 Å². The summed E-state index contributed by atoms with van der Waals surface area (Å²) < 4.78 is 6.10. The third kappa shape index (κ3) is 3.48. The highest BCUT2D eigenvalue weighted by atomic mass is 16.3. The summed E-state index contributed by atoms with van der Waals surface area (Å²) in [5, 5.41) is 1.10. The SMILES string of the molecule is CCCCCC#Cc1c(-c2ccc(C)cc2)oc2ccccc12. The zero-order valence-electron chi connectivity index (χ0n) is 13.9. The lowest BCUT2D eigenvalue weighted by Gasteiger charge is -1.99. The molecule has 0 aliphatic heterocycles. The average molecular weight is 302 g/mol. The summed E-state index contributed by atoms with van der Waals surface area (Å²) in [4.78, 5) is 0. The second kappa shape index (κ2) is 7.20. The van der Waals surface area contributed by atoms with Crippen LogP contribution in [-0.4, -0.2) is 0 Å². The largest absolute Gasteiger partial charge is 0.455 e. The molecular formula is C22H22O. The molecule has 116 valence electrons. The third-order valence-electron chi connectivity index (χ3n) is 4.03. The Labute approximate surface area is 138 Å². The maximum atomic E-state index is 6.10. The van der Waals surface area contributed by atoms with Crippen LogP contribution in [0.15, 0.2) is 52.9 Å². The van der Waals surface area contributed by atoms with Gasteiger partial charge in [0.05, 0.1) is 5.56 Å². The van der Waals surface area contributed by atoms with Gasteiger partial charge in [-0.1, -0.05) is 73.6 Å². The van der Waals surface area contributed by atoms with Crippen molar-refractivity contribution < 1.29 is 4.42 Å². The summed E-state index contributed by atoms with van der Waals surface area (Å²) >= 11 is 0. The van der Waals surface area contributed by atoms with E-state index in [0.29, 0.717) is 0 Å². The topological polar surface area (TPSA) is 13.1 Å². The molecule has 3 aromatic rings. The van der Waals surface area contributed by atoms with Gasteiger partial charge in [0.1, 0.15) is 5.58 Å². The first-order valence-electron chi connectivity index (χ1n) is 8.37. The smallest absolute Gasteiger partial charge is 0.151 e. The number of fused-ring (bicyclic) bond motifs is 1. The van der Waals surface area contributed by atoms with Crippen LogP contribution in [0.4, 0.5) is 0 Å². The quantitative estimate of drug-likeness (QED) is 0.405. The number of furan rings is 1. The molecule has 0 aliphatic carbocycles. The fraction of sp³-hybridized carbons (Fsp3) is 0.273. The second-order valence-electron chi connectivity index (χ2n) is 5.93. The average Bonchev–Trinajstić information content (AvgIpc) is 2.94. The Balaban J connectivity index is 2.02. The zero-order chi connectivity index (χ0) is 16.1. The van der Waals surface area contributed by atoms with E-state index >= 15 is 0 Å². The Morgan fingerprint density at radius 3 is 2.52 bits per heavy atom. The van der Waals surface area contributed by atoms with Gasteiger partial charge in [0, 0.05) is 17.4 Å². The van der Waals surface area contributed by atoms with Crippen molar-refractivity contribution in [2.45, 2.75) is 39.5 Å². The van der Waals surface area contributed by atoms with Crippen LogP contribution in [0.25, 0.3) is 22.3 Å². The molecule has 3 rings (SSSR count). The Morgan fingerprint density at radius 2 is 1.74 bits per heavy atom. The number of hydrogen-bond donors (Lipinski definition) is 0. The summed E-state index contributed by atoms with van der Waals surface area (Å²) in [6.07, 6.45) is 4.58. The normalized spacial score (nSPS) is 10.5. The van der Waals surface area contributed by atoms with Gasteiger partial charge in [-0.25, -0.2) is 0 Å². The number of rotatable bonds is 4. The predicted octanol–water partition coefficient (Wildman–Crippen LogP) is 6.34. The lowest BCUT2D eigenvalue weighted by Crippen LogP contribution is -1.81. The van der Waals surface area contributed by atoms with E-state index in [1.54, 1.807) is 0 Å². The highest BCUT2D eigenvalue weighted by Crippen LogP contribution is 2.33. The molecule has 0 aliphatic rings. The number of aryl methyl sites for hydroxylation is 1. The van der Waals surface area contributed by atoms with Gasteiger partial charge in [-0.3, -0.25) is 0 Å². The molecule has 0 atom stereocenters. The summed E-state index contributed by atoms with van der Waals surface area (Å²) in [6, 6.07) is 16.6. The van der Waals surface area contributed by atoms with Crippen LogP contribution in [0.2, 0.25) is 0 Å². The van der Waals surface area contributed by atoms with E-state index in [2.05, 4.69) is 56.0 Å². The van der Waals surface area contributed by atoms with Crippen molar-refractivity contribution in [1.82, 2.24) is 0 Å². The number of benzene rings is 2. The van der Waals surface area contributed by atoms with E-state index in [-0.39, 0.29) is 0 Å². The molecule has 0 saturated heterocycles. The van der Waals surface area contributed by atoms with E-state index < -0.39 is 0 Å². The minimum Gasteiger partial charge on any atom is -0.455 e. The van der Waals surface area contributed by atoms with Gasteiger partial charge in [0.25, 0.3) is 0 Å². The minimum absolute atomic E-state index is 0.884. The first kappa shape index (κ1) is 15.4. The first-order chi connectivity index (χ1) is 11.3. The number of unbranched alkanes of at least 4 members (excludes halogenated alkanes) is 3. The molecule has 0 N–H and O–H groups in total. The monoisotopic (exact) mass is 302 g/mol. The summed E-state index contributed by atoms with van der Waals surface area (Å²) in [7, 11) is 0. The Kier molecular flexibility index (Phi) is 4.83. The van der Waals surface area contributed by atoms with Crippen LogP contribution in [-0.2, 0) is 0 Å². The molecule has 1 nitrogen and oxygen atoms in total. The molecular weight excluding hydrogens is 280 g/mol. The van der Waals surface area contributed by atoms with Crippen molar-refractivity contribution in [3.8, 4) is 23.2 Å². The maximum Gasteiger partial charge on any atom is 0.151 e. The van der Waals surface area contributed by atoms with Crippen molar-refractivity contribution in [1.29, 1.82) is 0 Å². The Bertz CT molecular complexity index is 841. The van der Waals surface area contributed by atoms with E-state index in [1.165, 1.54) is 24.8 Å². The molecule has 2 aromatic carbocycles. The third-order valence-corrected chi connectivity index (χ3v) is 4.03. The van der Waals surface area contributed by atoms with Crippen LogP contribution in [0.1, 0.15) is 43.7 Å². The number of para-hydroxylation sites is 1. The molecule has 0 bridgehead atoms. The molecule has 0 amide bonds. The molecule has 0 radical (unpaired) electrons. The van der Waals surface area contributed by atoms with Gasteiger partial charge in [0.15, 0.2) is 5.76 Å². The summed E-state index contributed by atoms with van der Waals surface area (Å²) in [5.41, 5.74) is 4.25. The van der Waals surface area contributed by atoms with E-state index in [0.717, 1.165) is 34.3 Å². The molecule has 1 heteroatoms. The fourth-order valence-corrected chi connectivity index (χ4v) is 2.69. The summed E-state index contributed by atoms with van der Waals surface area (Å²) in [5.74, 6) is 7.57. The lowest BCUT2D eigenvalue weighted by molar-refractivity contribution is 0.630. The standard InChI is InChI=1S/C22H22O/c1-3-4-5-6-7-11-20-19-10-8-9-12-21(19)23-22(20)18-15-13-17(2)14-16-18/h8-10,12-16H,3-6H2,1-2H3. The van der Waals surface area contributed by atoms with Gasteiger partial charge in [0.2, 0.25) is 0 Å². The van der Waals surface area contributed by atoms with Crippen LogP contribution in [0.3, 0.4) is 0 Å². The van der Waals surface area contributed by atoms with E-state index in [1.807, 2.05) is 18.2 Å². The number of hydrogen-bond acceptors (Lipinski definition) is 1. The van der Waals surface area contributed by atoms with Gasteiger partial charge < -0.3 is 4.42 Å². The predicted molar refractivity (Wildman–Crippen MR) is 97.4 cm³/mol. The minimum atomic E-state index is 0.884. The maximum absolute atomic E-state index is 6.10. The van der Waals surface area contributed by atoms with Crippen LogP contribution >= 0.6 is 0 Å². The van der Waals surface area contributed by atoms with E-state index in [4.69, 9.17) is 4.42 Å². The Hall–Kier alpha value is -2.46. The van der Waals surface area contributed by atoms with Crippen molar-refractivity contribution in [2.75, 3.05) is 0 Å². The summed E-state index contributed by atoms with van der Waals surface area (Å²) in [6.45, 7) is 4.31. The molecule has 0 saturated carbocycles. The van der Waals surface area contributed by atoms with Gasteiger partial charge in [-0.15, -0.1) is 0 Å². The molecule has 0 unspecified atom stereocenters. The molecule has 1 aromatic heterocycles. The highest BCUT2D eigenvalue weighted by molar-refractivity contribution is 5.91. The van der Waals surface area contributed by atoms with Gasteiger partial charge in [-0.05, 0) is 25.5 Å². The van der Waals surface area contributed by atoms with Crippen molar-refractivity contribution in [2.24, 2.45) is 0 Å². The van der Waals surface area contributed by atoms with Crippen molar-refractivity contribution in [3.05, 3.63) is 59.7 Å². The zero-order valence-corrected chi connectivity index (χ0v) is 13.9. The molecule has 0 fully saturated rings. The second-order valence-corrected chi connectivity index (χ2v) is 5.93. The molecule has 1 heterocycles. The molecule has 23 heavy (non-hydrogen) atoms. The van der Waals surface area contributed by atoms with E-state index in [9.17, 15) is 0 Å². The highest BCUT2D eigenvalue weighted by Gasteiger charge is 2.13. The first-order valence-corrected chi connectivity index (χ1v) is 8.37. The van der Waals surface area contributed by atoms with Crippen molar-refractivity contribution in [3.63, 3.8) is 0 Å². The van der Waals surface area contributed by atoms with Gasteiger partial charge in [-0.2, -0.15) is 0 Å². The fourth-order valence-electron chi connectivity index (χ4n) is 2.69. The lowest BCUT2D eigenvalue weighted by atomic mass is 10.0.